The van der Waals surface area contributed by atoms with Crippen LogP contribution < -0.4 is 0 Å². The lowest BCUT2D eigenvalue weighted by Crippen LogP contribution is -2.40. The predicted octanol–water partition coefficient (Wildman–Crippen LogP) is 2.50. The summed E-state index contributed by atoms with van der Waals surface area (Å²) in [4.78, 5) is 23.9. The van der Waals surface area contributed by atoms with E-state index in [2.05, 4.69) is 12.5 Å². The highest BCUT2D eigenvalue weighted by atomic mass is 16.5. The number of carbonyl (C=O) groups is 2. The fraction of sp³-hybridized carbons (Fsp3) is 0.500. The molecule has 0 N–H and O–H groups in total. The van der Waals surface area contributed by atoms with E-state index < -0.39 is 17.4 Å². The summed E-state index contributed by atoms with van der Waals surface area (Å²) >= 11 is 0. The highest BCUT2D eigenvalue weighted by Crippen LogP contribution is 2.31. The summed E-state index contributed by atoms with van der Waals surface area (Å²) in [5.41, 5.74) is -0.597. The van der Waals surface area contributed by atoms with Crippen LogP contribution in [-0.2, 0) is 19.1 Å². The second-order valence-electron chi connectivity index (χ2n) is 4.78. The number of terminal acetylenes is 1. The maximum absolute atomic E-state index is 12.0. The summed E-state index contributed by atoms with van der Waals surface area (Å²) in [5.74, 6) is 1.24. The lowest BCUT2D eigenvalue weighted by molar-refractivity contribution is -0.168. The van der Waals surface area contributed by atoms with E-state index in [0.717, 1.165) is 5.57 Å². The molecule has 4 nitrogen and oxygen atoms in total. The molecule has 110 valence electrons. The van der Waals surface area contributed by atoms with Gasteiger partial charge in [-0.3, -0.25) is 9.59 Å². The van der Waals surface area contributed by atoms with E-state index >= 15 is 0 Å². The number of hydrogen-bond acceptors (Lipinski definition) is 4. The van der Waals surface area contributed by atoms with Crippen LogP contribution in [0.4, 0.5) is 0 Å². The third-order valence-electron chi connectivity index (χ3n) is 3.10. The monoisotopic (exact) mass is 278 g/mol. The molecule has 0 amide bonds. The molecule has 0 saturated heterocycles. The quantitative estimate of drug-likeness (QED) is 0.311. The molecular formula is C16H22O4. The smallest absolute Gasteiger partial charge is 0.324 e. The molecule has 0 heterocycles. The van der Waals surface area contributed by atoms with E-state index in [1.807, 2.05) is 13.8 Å². The van der Waals surface area contributed by atoms with Crippen molar-refractivity contribution in [3.05, 3.63) is 24.3 Å². The van der Waals surface area contributed by atoms with E-state index in [1.165, 1.54) is 14.2 Å². The first-order chi connectivity index (χ1) is 9.35. The Morgan fingerprint density at radius 3 is 2.15 bits per heavy atom. The van der Waals surface area contributed by atoms with Crippen molar-refractivity contribution in [3.63, 3.8) is 0 Å². The first-order valence-electron chi connectivity index (χ1n) is 6.31. The molecule has 0 aromatic carbocycles. The van der Waals surface area contributed by atoms with Gasteiger partial charge in [0.05, 0.1) is 14.2 Å². The van der Waals surface area contributed by atoms with E-state index in [9.17, 15) is 9.59 Å². The van der Waals surface area contributed by atoms with Gasteiger partial charge in [0.25, 0.3) is 0 Å². The van der Waals surface area contributed by atoms with Crippen LogP contribution in [0.5, 0.6) is 0 Å². The molecule has 0 aromatic heterocycles. The first kappa shape index (κ1) is 18.0. The first-order valence-corrected chi connectivity index (χ1v) is 6.31. The van der Waals surface area contributed by atoms with Crippen molar-refractivity contribution in [2.24, 2.45) is 11.3 Å². The minimum Gasteiger partial charge on any atom is -0.468 e. The van der Waals surface area contributed by atoms with Crippen LogP contribution in [0.3, 0.4) is 0 Å². The minimum absolute atomic E-state index is 0.0785. The Labute approximate surface area is 120 Å². The number of allylic oxidation sites excluding steroid dienone is 3. The number of ether oxygens (including phenoxy) is 2. The molecule has 0 rings (SSSR count). The third-order valence-corrected chi connectivity index (χ3v) is 3.10. The lowest BCUT2D eigenvalue weighted by atomic mass is 9.81. The predicted molar refractivity (Wildman–Crippen MR) is 77.7 cm³/mol. The summed E-state index contributed by atoms with van der Waals surface area (Å²) in [6, 6.07) is 0. The van der Waals surface area contributed by atoms with Crippen molar-refractivity contribution in [2.45, 2.75) is 26.7 Å². The van der Waals surface area contributed by atoms with Gasteiger partial charge in [0.1, 0.15) is 0 Å². The van der Waals surface area contributed by atoms with E-state index in [-0.39, 0.29) is 18.8 Å². The number of methoxy groups -OCH3 is 2. The maximum atomic E-state index is 12.0. The molecule has 0 spiro atoms. The Morgan fingerprint density at radius 2 is 1.80 bits per heavy atom. The van der Waals surface area contributed by atoms with Gasteiger partial charge in [-0.25, -0.2) is 0 Å². The van der Waals surface area contributed by atoms with E-state index in [1.54, 1.807) is 12.2 Å². The van der Waals surface area contributed by atoms with Gasteiger partial charge in [0.2, 0.25) is 0 Å². The summed E-state index contributed by atoms with van der Waals surface area (Å²) < 4.78 is 9.41. The Kier molecular flexibility index (Phi) is 7.38. The molecular weight excluding hydrogens is 256 g/mol. The van der Waals surface area contributed by atoms with E-state index in [0.29, 0.717) is 0 Å². The van der Waals surface area contributed by atoms with Crippen molar-refractivity contribution in [2.75, 3.05) is 14.2 Å². The fourth-order valence-corrected chi connectivity index (χ4v) is 1.64. The minimum atomic E-state index is -1.49. The van der Waals surface area contributed by atoms with Crippen LogP contribution >= 0.6 is 0 Å². The maximum Gasteiger partial charge on any atom is 0.324 e. The Hall–Kier alpha value is -2.02. The number of hydrogen-bond donors (Lipinski definition) is 0. The molecule has 0 aliphatic rings. The van der Waals surface area contributed by atoms with Crippen molar-refractivity contribution in [1.29, 1.82) is 0 Å². The van der Waals surface area contributed by atoms with Crippen molar-refractivity contribution >= 4 is 11.9 Å². The Bertz CT molecular complexity index is 422. The fourth-order valence-electron chi connectivity index (χ4n) is 1.64. The van der Waals surface area contributed by atoms with Crippen molar-refractivity contribution in [1.82, 2.24) is 0 Å². The van der Waals surface area contributed by atoms with Crippen LogP contribution in [0.15, 0.2) is 24.3 Å². The van der Waals surface area contributed by atoms with Gasteiger partial charge in [0, 0.05) is 6.42 Å². The van der Waals surface area contributed by atoms with Crippen LogP contribution in [0.2, 0.25) is 0 Å². The standard InChI is InChI=1S/C16H22O4/c1-7-10-16(14(17)19-5,15(18)20-6)11-8-9-13(4)12(2)3/h1,8-9,12H,4,10-11H2,2-3,5-6H3/b9-8+. The summed E-state index contributed by atoms with van der Waals surface area (Å²) in [5, 5.41) is 0. The molecule has 0 aliphatic heterocycles. The molecule has 0 atom stereocenters. The molecule has 20 heavy (non-hydrogen) atoms. The number of esters is 2. The molecule has 0 unspecified atom stereocenters. The van der Waals surface area contributed by atoms with E-state index in [4.69, 9.17) is 15.9 Å². The molecule has 0 fully saturated rings. The molecule has 0 radical (unpaired) electrons. The van der Waals surface area contributed by atoms with Gasteiger partial charge < -0.3 is 9.47 Å². The van der Waals surface area contributed by atoms with Crippen LogP contribution in [0.1, 0.15) is 26.7 Å². The Morgan fingerprint density at radius 1 is 1.30 bits per heavy atom. The number of rotatable bonds is 7. The van der Waals surface area contributed by atoms with Gasteiger partial charge >= 0.3 is 11.9 Å². The summed E-state index contributed by atoms with van der Waals surface area (Å²) in [7, 11) is 2.43. The SMILES string of the molecule is C#CCC(C/C=C/C(=C)C(C)C)(C(=O)OC)C(=O)OC. The lowest BCUT2D eigenvalue weighted by Gasteiger charge is -2.24. The van der Waals surface area contributed by atoms with Gasteiger partial charge in [-0.1, -0.05) is 38.2 Å². The molecule has 0 saturated carbocycles. The van der Waals surface area contributed by atoms with Gasteiger partial charge in [0.15, 0.2) is 5.41 Å². The highest BCUT2D eigenvalue weighted by Gasteiger charge is 2.46. The van der Waals surface area contributed by atoms with Crippen molar-refractivity contribution < 1.29 is 19.1 Å². The number of carbonyl (C=O) groups excluding carboxylic acids is 2. The van der Waals surface area contributed by atoms with Crippen molar-refractivity contribution in [3.8, 4) is 12.3 Å². The molecule has 4 heteroatoms. The topological polar surface area (TPSA) is 52.6 Å². The highest BCUT2D eigenvalue weighted by molar-refractivity contribution is 6.00. The summed E-state index contributed by atoms with van der Waals surface area (Å²) in [6.45, 7) is 7.89. The second-order valence-corrected chi connectivity index (χ2v) is 4.78. The Balaban J connectivity index is 5.32. The van der Waals surface area contributed by atoms with Crippen LogP contribution in [0, 0.1) is 23.7 Å². The largest absolute Gasteiger partial charge is 0.468 e. The second kappa shape index (κ2) is 8.21. The van der Waals surface area contributed by atoms with Gasteiger partial charge in [-0.15, -0.1) is 12.3 Å². The van der Waals surface area contributed by atoms with Gasteiger partial charge in [-0.2, -0.15) is 0 Å². The zero-order valence-corrected chi connectivity index (χ0v) is 12.6. The molecule has 0 aromatic rings. The van der Waals surface area contributed by atoms with Crippen LogP contribution in [-0.4, -0.2) is 26.2 Å². The molecule has 0 bridgehead atoms. The summed E-state index contributed by atoms with van der Waals surface area (Å²) in [6.07, 6.45) is 8.79. The van der Waals surface area contributed by atoms with Gasteiger partial charge in [-0.05, 0) is 12.3 Å². The molecule has 0 aliphatic carbocycles. The zero-order valence-electron chi connectivity index (χ0n) is 12.6. The third kappa shape index (κ3) is 4.27. The van der Waals surface area contributed by atoms with Crippen LogP contribution in [0.25, 0.3) is 0 Å². The average Bonchev–Trinajstić information content (AvgIpc) is 2.44. The average molecular weight is 278 g/mol. The normalized spacial score (nSPS) is 11.2. The zero-order chi connectivity index (χ0) is 15.8.